The van der Waals surface area contributed by atoms with Gasteiger partial charge >= 0.3 is 0 Å². The second kappa shape index (κ2) is 5.79. The average molecular weight is 214 g/mol. The Morgan fingerprint density at radius 1 is 1.53 bits per heavy atom. The molecular formula is C9H18N4O2. The quantitative estimate of drug-likeness (QED) is 0.554. The van der Waals surface area contributed by atoms with Crippen molar-refractivity contribution in [3.05, 3.63) is 11.4 Å². The summed E-state index contributed by atoms with van der Waals surface area (Å²) >= 11 is 0. The molecule has 0 aliphatic rings. The maximum atomic E-state index is 9.26. The minimum atomic E-state index is -0.784. The second-order valence-corrected chi connectivity index (χ2v) is 3.53. The molecule has 0 saturated carbocycles. The lowest BCUT2D eigenvalue weighted by Crippen LogP contribution is -2.21. The third-order valence-electron chi connectivity index (χ3n) is 2.29. The molecule has 0 aliphatic heterocycles. The molecule has 0 aromatic carbocycles. The van der Waals surface area contributed by atoms with Crippen molar-refractivity contribution in [2.24, 2.45) is 5.73 Å². The summed E-state index contributed by atoms with van der Waals surface area (Å²) in [6.07, 6.45) is 0.896. The normalized spacial score (nSPS) is 13.1. The van der Waals surface area contributed by atoms with E-state index in [1.165, 1.54) is 0 Å². The van der Waals surface area contributed by atoms with Crippen LogP contribution in [0.3, 0.4) is 0 Å². The van der Waals surface area contributed by atoms with E-state index in [1.54, 1.807) is 4.68 Å². The van der Waals surface area contributed by atoms with Crippen LogP contribution in [0.1, 0.15) is 17.8 Å². The molecule has 0 spiro atoms. The standard InChI is InChI=1S/C9H18N4O2/c1-7-9(3-2-4-10)11-12-13(7)5-8(15)6-14/h8,14-15H,2-6,10H2,1H3. The van der Waals surface area contributed by atoms with Gasteiger partial charge in [0.15, 0.2) is 0 Å². The fourth-order valence-corrected chi connectivity index (χ4v) is 1.33. The third-order valence-corrected chi connectivity index (χ3v) is 2.29. The van der Waals surface area contributed by atoms with Gasteiger partial charge in [0.25, 0.3) is 0 Å². The van der Waals surface area contributed by atoms with Crippen LogP contribution in [0.5, 0.6) is 0 Å². The summed E-state index contributed by atoms with van der Waals surface area (Å²) in [4.78, 5) is 0. The van der Waals surface area contributed by atoms with Crippen molar-refractivity contribution < 1.29 is 10.2 Å². The van der Waals surface area contributed by atoms with Gasteiger partial charge in [-0.05, 0) is 26.3 Å². The number of nitrogens with two attached hydrogens (primary N) is 1. The number of hydrogen-bond donors (Lipinski definition) is 3. The van der Waals surface area contributed by atoms with Gasteiger partial charge in [-0.1, -0.05) is 5.21 Å². The summed E-state index contributed by atoms with van der Waals surface area (Å²) in [5.41, 5.74) is 7.24. The fraction of sp³-hybridized carbons (Fsp3) is 0.778. The Morgan fingerprint density at radius 3 is 2.87 bits per heavy atom. The van der Waals surface area contributed by atoms with Crippen LogP contribution < -0.4 is 5.73 Å². The lowest BCUT2D eigenvalue weighted by molar-refractivity contribution is 0.0772. The molecule has 0 saturated heterocycles. The lowest BCUT2D eigenvalue weighted by Gasteiger charge is -2.07. The fourth-order valence-electron chi connectivity index (χ4n) is 1.33. The van der Waals surface area contributed by atoms with Crippen LogP contribution in [-0.4, -0.2) is 44.5 Å². The summed E-state index contributed by atoms with van der Waals surface area (Å²) in [5.74, 6) is 0. The second-order valence-electron chi connectivity index (χ2n) is 3.53. The zero-order valence-corrected chi connectivity index (χ0v) is 8.93. The average Bonchev–Trinajstić information content (AvgIpc) is 2.57. The van der Waals surface area contributed by atoms with E-state index >= 15 is 0 Å². The lowest BCUT2D eigenvalue weighted by atomic mass is 10.2. The van der Waals surface area contributed by atoms with Gasteiger partial charge in [0, 0.05) is 0 Å². The zero-order chi connectivity index (χ0) is 11.3. The number of aliphatic hydroxyl groups is 2. The highest BCUT2D eigenvalue weighted by Crippen LogP contribution is 2.06. The molecule has 1 heterocycles. The van der Waals surface area contributed by atoms with Crippen LogP contribution in [0.2, 0.25) is 0 Å². The molecule has 1 aromatic heterocycles. The van der Waals surface area contributed by atoms with Crippen LogP contribution >= 0.6 is 0 Å². The molecule has 0 aliphatic carbocycles. The molecule has 4 N–H and O–H groups in total. The summed E-state index contributed by atoms with van der Waals surface area (Å²) in [6.45, 7) is 2.54. The molecule has 1 unspecified atom stereocenters. The van der Waals surface area contributed by atoms with E-state index in [1.807, 2.05) is 6.92 Å². The Balaban J connectivity index is 2.62. The van der Waals surface area contributed by atoms with Gasteiger partial charge < -0.3 is 15.9 Å². The minimum absolute atomic E-state index is 0.266. The topological polar surface area (TPSA) is 97.2 Å². The maximum Gasteiger partial charge on any atom is 0.0967 e. The van der Waals surface area contributed by atoms with Crippen LogP contribution in [0.4, 0.5) is 0 Å². The molecule has 1 atom stereocenters. The Morgan fingerprint density at radius 2 is 2.27 bits per heavy atom. The van der Waals surface area contributed by atoms with Gasteiger partial charge in [0.2, 0.25) is 0 Å². The molecule has 0 radical (unpaired) electrons. The number of aryl methyl sites for hydroxylation is 1. The van der Waals surface area contributed by atoms with Gasteiger partial charge in [0.05, 0.1) is 30.6 Å². The Kier molecular flexibility index (Phi) is 4.67. The van der Waals surface area contributed by atoms with Crippen LogP contribution in [0, 0.1) is 6.92 Å². The SMILES string of the molecule is Cc1c(CCCN)nnn1CC(O)CO. The Labute approximate surface area is 88.7 Å². The van der Waals surface area contributed by atoms with E-state index in [4.69, 9.17) is 10.8 Å². The molecular weight excluding hydrogens is 196 g/mol. The molecule has 6 nitrogen and oxygen atoms in total. The highest BCUT2D eigenvalue weighted by molar-refractivity contribution is 5.07. The highest BCUT2D eigenvalue weighted by Gasteiger charge is 2.11. The van der Waals surface area contributed by atoms with Crippen molar-refractivity contribution >= 4 is 0 Å². The molecule has 0 bridgehead atoms. The van der Waals surface area contributed by atoms with Crippen molar-refractivity contribution in [3.63, 3.8) is 0 Å². The van der Waals surface area contributed by atoms with Gasteiger partial charge in [-0.25, -0.2) is 4.68 Å². The number of rotatable bonds is 6. The summed E-state index contributed by atoms with van der Waals surface area (Å²) < 4.78 is 1.60. The van der Waals surface area contributed by atoms with E-state index in [0.717, 1.165) is 24.2 Å². The van der Waals surface area contributed by atoms with Crippen LogP contribution in [-0.2, 0) is 13.0 Å². The van der Waals surface area contributed by atoms with Gasteiger partial charge in [-0.2, -0.15) is 0 Å². The number of hydrogen-bond acceptors (Lipinski definition) is 5. The van der Waals surface area contributed by atoms with Gasteiger partial charge in [-0.3, -0.25) is 0 Å². The predicted molar refractivity (Wildman–Crippen MR) is 55.2 cm³/mol. The summed E-state index contributed by atoms with van der Waals surface area (Å²) in [7, 11) is 0. The Hall–Kier alpha value is -0.980. The summed E-state index contributed by atoms with van der Waals surface area (Å²) in [6, 6.07) is 0. The first kappa shape index (κ1) is 12.1. The van der Waals surface area contributed by atoms with Crippen molar-refractivity contribution in [1.82, 2.24) is 15.0 Å². The van der Waals surface area contributed by atoms with Gasteiger partial charge in [-0.15, -0.1) is 5.10 Å². The predicted octanol–water partition coefficient (Wildman–Crippen LogP) is -1.17. The van der Waals surface area contributed by atoms with E-state index in [0.29, 0.717) is 6.54 Å². The number of nitrogens with zero attached hydrogens (tertiary/aromatic N) is 3. The van der Waals surface area contributed by atoms with Crippen molar-refractivity contribution in [3.8, 4) is 0 Å². The first-order valence-electron chi connectivity index (χ1n) is 5.07. The van der Waals surface area contributed by atoms with Crippen LogP contribution in [0.15, 0.2) is 0 Å². The van der Waals surface area contributed by atoms with Crippen molar-refractivity contribution in [2.45, 2.75) is 32.4 Å². The molecule has 86 valence electrons. The molecule has 0 amide bonds. The first-order valence-corrected chi connectivity index (χ1v) is 5.07. The van der Waals surface area contributed by atoms with Gasteiger partial charge in [0.1, 0.15) is 0 Å². The monoisotopic (exact) mass is 214 g/mol. The smallest absolute Gasteiger partial charge is 0.0967 e. The third kappa shape index (κ3) is 3.26. The zero-order valence-electron chi connectivity index (χ0n) is 8.93. The molecule has 1 rings (SSSR count). The maximum absolute atomic E-state index is 9.26. The molecule has 6 heteroatoms. The highest BCUT2D eigenvalue weighted by atomic mass is 16.3. The molecule has 0 fully saturated rings. The minimum Gasteiger partial charge on any atom is -0.394 e. The Bertz CT molecular complexity index is 300. The van der Waals surface area contributed by atoms with E-state index in [-0.39, 0.29) is 13.2 Å². The van der Waals surface area contributed by atoms with E-state index in [2.05, 4.69) is 10.3 Å². The molecule has 1 aromatic rings. The van der Waals surface area contributed by atoms with Crippen LogP contribution in [0.25, 0.3) is 0 Å². The summed E-state index contributed by atoms with van der Waals surface area (Å²) in [5, 5.41) is 25.9. The number of aromatic nitrogens is 3. The van der Waals surface area contributed by atoms with Crippen molar-refractivity contribution in [1.29, 1.82) is 0 Å². The van der Waals surface area contributed by atoms with Crippen molar-refractivity contribution in [2.75, 3.05) is 13.2 Å². The largest absolute Gasteiger partial charge is 0.394 e. The molecule has 15 heavy (non-hydrogen) atoms. The number of aliphatic hydroxyl groups excluding tert-OH is 2. The first-order chi connectivity index (χ1) is 7.19. The van der Waals surface area contributed by atoms with E-state index < -0.39 is 6.10 Å². The van der Waals surface area contributed by atoms with E-state index in [9.17, 15) is 5.11 Å².